The maximum absolute atomic E-state index is 11.8. The van der Waals surface area contributed by atoms with Crippen molar-refractivity contribution in [2.24, 2.45) is 11.8 Å². The predicted octanol–water partition coefficient (Wildman–Crippen LogP) is 2.40. The van der Waals surface area contributed by atoms with Crippen LogP contribution in [-0.4, -0.2) is 36.2 Å². The molecule has 0 rings (SSSR count). The van der Waals surface area contributed by atoms with E-state index in [0.29, 0.717) is 0 Å². The molecule has 2 unspecified atom stereocenters. The molecule has 0 saturated carbocycles. The van der Waals surface area contributed by atoms with Gasteiger partial charge in [0.1, 0.15) is 0 Å². The number of carbonyl (C=O) groups is 3. The lowest BCUT2D eigenvalue weighted by Crippen LogP contribution is -2.31. The Labute approximate surface area is 125 Å². The lowest BCUT2D eigenvalue weighted by atomic mass is 9.91. The van der Waals surface area contributed by atoms with Gasteiger partial charge in [-0.1, -0.05) is 33.6 Å². The zero-order valence-electron chi connectivity index (χ0n) is 13.1. The number of carbonyl (C=O) groups excluding carboxylic acids is 2. The number of carboxylic acid groups (broad SMARTS) is 1. The van der Waals surface area contributed by atoms with E-state index in [9.17, 15) is 14.4 Å². The fourth-order valence-electron chi connectivity index (χ4n) is 1.66. The summed E-state index contributed by atoms with van der Waals surface area (Å²) in [6, 6.07) is 0. The second-order valence-corrected chi connectivity index (χ2v) is 5.03. The van der Waals surface area contributed by atoms with Gasteiger partial charge in [-0.05, 0) is 12.8 Å². The Morgan fingerprint density at radius 3 is 2.00 bits per heavy atom. The molecule has 0 amide bonds. The molecule has 0 aliphatic carbocycles. The van der Waals surface area contributed by atoms with E-state index in [4.69, 9.17) is 14.6 Å². The standard InChI is InChI=1S/C15H26O6/c1-4-6-8-20-13(16)10-12(14(17)18)11(3)15(19)21-9-7-5-2/h11-12H,4-10H2,1-3H3,(H,17,18). The highest BCUT2D eigenvalue weighted by atomic mass is 16.5. The maximum atomic E-state index is 11.8. The van der Waals surface area contributed by atoms with Gasteiger partial charge in [-0.2, -0.15) is 0 Å². The summed E-state index contributed by atoms with van der Waals surface area (Å²) in [6.45, 7) is 5.93. The molecule has 122 valence electrons. The Kier molecular flexibility index (Phi) is 10.3. The third kappa shape index (κ3) is 8.32. The van der Waals surface area contributed by atoms with Crippen LogP contribution in [0.3, 0.4) is 0 Å². The van der Waals surface area contributed by atoms with Gasteiger partial charge < -0.3 is 14.6 Å². The molecule has 2 atom stereocenters. The van der Waals surface area contributed by atoms with E-state index in [1.54, 1.807) is 0 Å². The van der Waals surface area contributed by atoms with Gasteiger partial charge in [-0.25, -0.2) is 0 Å². The fourth-order valence-corrected chi connectivity index (χ4v) is 1.66. The Bertz CT molecular complexity index is 339. The van der Waals surface area contributed by atoms with Crippen molar-refractivity contribution in [1.82, 2.24) is 0 Å². The minimum absolute atomic E-state index is 0.271. The van der Waals surface area contributed by atoms with Crippen LogP contribution in [-0.2, 0) is 23.9 Å². The number of ether oxygens (including phenoxy) is 2. The molecular formula is C15H26O6. The minimum Gasteiger partial charge on any atom is -0.481 e. The van der Waals surface area contributed by atoms with Crippen molar-refractivity contribution in [2.45, 2.75) is 52.9 Å². The van der Waals surface area contributed by atoms with E-state index in [1.165, 1.54) is 6.92 Å². The summed E-state index contributed by atoms with van der Waals surface area (Å²) in [4.78, 5) is 34.6. The summed E-state index contributed by atoms with van der Waals surface area (Å²) in [5.41, 5.74) is 0. The number of carboxylic acids is 1. The number of hydrogen-bond acceptors (Lipinski definition) is 5. The minimum atomic E-state index is -1.19. The van der Waals surface area contributed by atoms with E-state index in [2.05, 4.69) is 0 Å². The highest BCUT2D eigenvalue weighted by molar-refractivity contribution is 5.84. The Hall–Kier alpha value is -1.59. The first-order valence-corrected chi connectivity index (χ1v) is 7.49. The molecule has 0 saturated heterocycles. The summed E-state index contributed by atoms with van der Waals surface area (Å²) in [5, 5.41) is 9.17. The zero-order chi connectivity index (χ0) is 16.3. The molecule has 21 heavy (non-hydrogen) atoms. The quantitative estimate of drug-likeness (QED) is 0.465. The van der Waals surface area contributed by atoms with E-state index >= 15 is 0 Å². The number of unbranched alkanes of at least 4 members (excludes halogenated alkanes) is 2. The summed E-state index contributed by atoms with van der Waals surface area (Å²) in [5.74, 6) is -4.37. The third-order valence-corrected chi connectivity index (χ3v) is 3.18. The Balaban J connectivity index is 4.42. The molecule has 0 spiro atoms. The van der Waals surface area contributed by atoms with E-state index < -0.39 is 29.7 Å². The van der Waals surface area contributed by atoms with Crippen LogP contribution in [0.25, 0.3) is 0 Å². The smallest absolute Gasteiger partial charge is 0.309 e. The summed E-state index contributed by atoms with van der Waals surface area (Å²) in [7, 11) is 0. The van der Waals surface area contributed by atoms with Gasteiger partial charge in [0.25, 0.3) is 0 Å². The van der Waals surface area contributed by atoms with Crippen molar-refractivity contribution in [3.8, 4) is 0 Å². The normalized spacial score (nSPS) is 13.3. The van der Waals surface area contributed by atoms with Gasteiger partial charge in [0, 0.05) is 0 Å². The molecule has 6 heteroatoms. The van der Waals surface area contributed by atoms with Crippen LogP contribution >= 0.6 is 0 Å². The van der Waals surface area contributed by atoms with Crippen molar-refractivity contribution >= 4 is 17.9 Å². The van der Waals surface area contributed by atoms with Gasteiger partial charge in [-0.15, -0.1) is 0 Å². The molecule has 0 radical (unpaired) electrons. The van der Waals surface area contributed by atoms with E-state index in [0.717, 1.165) is 25.7 Å². The van der Waals surface area contributed by atoms with Crippen LogP contribution in [0.15, 0.2) is 0 Å². The second kappa shape index (κ2) is 11.1. The molecule has 0 aliphatic heterocycles. The van der Waals surface area contributed by atoms with Crippen LogP contribution in [0, 0.1) is 11.8 Å². The lowest BCUT2D eigenvalue weighted by Gasteiger charge is -2.18. The van der Waals surface area contributed by atoms with Crippen molar-refractivity contribution < 1.29 is 29.0 Å². The van der Waals surface area contributed by atoms with Crippen LogP contribution in [0.1, 0.15) is 52.9 Å². The third-order valence-electron chi connectivity index (χ3n) is 3.18. The van der Waals surface area contributed by atoms with Gasteiger partial charge in [-0.3, -0.25) is 14.4 Å². The van der Waals surface area contributed by atoms with E-state index in [1.807, 2.05) is 13.8 Å². The molecule has 0 bridgehead atoms. The average Bonchev–Trinajstić information content (AvgIpc) is 2.44. The SMILES string of the molecule is CCCCOC(=O)CC(C(=O)O)C(C)C(=O)OCCCC. The van der Waals surface area contributed by atoms with Gasteiger partial charge in [0.05, 0.1) is 31.5 Å². The molecule has 0 heterocycles. The summed E-state index contributed by atoms with van der Waals surface area (Å²) < 4.78 is 9.94. The molecule has 0 aromatic carbocycles. The summed E-state index contributed by atoms with van der Waals surface area (Å²) >= 11 is 0. The largest absolute Gasteiger partial charge is 0.481 e. The topological polar surface area (TPSA) is 89.9 Å². The molecule has 0 aromatic rings. The fraction of sp³-hybridized carbons (Fsp3) is 0.800. The number of esters is 2. The zero-order valence-corrected chi connectivity index (χ0v) is 13.1. The molecule has 1 N–H and O–H groups in total. The number of rotatable bonds is 11. The highest BCUT2D eigenvalue weighted by Crippen LogP contribution is 2.19. The average molecular weight is 302 g/mol. The number of hydrogen-bond donors (Lipinski definition) is 1. The first-order chi connectivity index (χ1) is 9.93. The lowest BCUT2D eigenvalue weighted by molar-refractivity contribution is -0.160. The van der Waals surface area contributed by atoms with Crippen molar-refractivity contribution in [3.05, 3.63) is 0 Å². The van der Waals surface area contributed by atoms with Gasteiger partial charge in [0.15, 0.2) is 0 Å². The van der Waals surface area contributed by atoms with Crippen LogP contribution in [0.4, 0.5) is 0 Å². The highest BCUT2D eigenvalue weighted by Gasteiger charge is 2.33. The molecule has 0 aromatic heterocycles. The van der Waals surface area contributed by atoms with Crippen LogP contribution in [0.5, 0.6) is 0 Å². The van der Waals surface area contributed by atoms with Crippen molar-refractivity contribution in [1.29, 1.82) is 0 Å². The van der Waals surface area contributed by atoms with Gasteiger partial charge >= 0.3 is 17.9 Å². The van der Waals surface area contributed by atoms with Gasteiger partial charge in [0.2, 0.25) is 0 Å². The van der Waals surface area contributed by atoms with Crippen molar-refractivity contribution in [2.75, 3.05) is 13.2 Å². The summed E-state index contributed by atoms with van der Waals surface area (Å²) in [6.07, 6.45) is 2.92. The van der Waals surface area contributed by atoms with Crippen LogP contribution < -0.4 is 0 Å². The second-order valence-electron chi connectivity index (χ2n) is 5.03. The van der Waals surface area contributed by atoms with E-state index in [-0.39, 0.29) is 19.6 Å². The Morgan fingerprint density at radius 2 is 1.52 bits per heavy atom. The predicted molar refractivity (Wildman–Crippen MR) is 76.6 cm³/mol. The molecule has 6 nitrogen and oxygen atoms in total. The maximum Gasteiger partial charge on any atom is 0.309 e. The first kappa shape index (κ1) is 19.4. The Morgan fingerprint density at radius 1 is 1.00 bits per heavy atom. The molecule has 0 fully saturated rings. The van der Waals surface area contributed by atoms with Crippen LogP contribution in [0.2, 0.25) is 0 Å². The number of aliphatic carboxylic acids is 1. The monoisotopic (exact) mass is 302 g/mol. The molecule has 0 aliphatic rings. The van der Waals surface area contributed by atoms with Crippen molar-refractivity contribution in [3.63, 3.8) is 0 Å². The molecular weight excluding hydrogens is 276 g/mol. The first-order valence-electron chi connectivity index (χ1n) is 7.49.